The first-order chi connectivity index (χ1) is 7.04. The van der Waals surface area contributed by atoms with Crippen molar-refractivity contribution in [1.82, 2.24) is 4.98 Å². The summed E-state index contributed by atoms with van der Waals surface area (Å²) in [6, 6.07) is 2.46. The highest BCUT2D eigenvalue weighted by molar-refractivity contribution is 9.09. The third-order valence-corrected chi connectivity index (χ3v) is 3.18. The van der Waals surface area contributed by atoms with Gasteiger partial charge in [0, 0.05) is 17.3 Å². The predicted octanol–water partition coefficient (Wildman–Crippen LogP) is 3.98. The lowest BCUT2D eigenvalue weighted by atomic mass is 10.3. The van der Waals surface area contributed by atoms with Crippen LogP contribution in [-0.4, -0.2) is 16.1 Å². The summed E-state index contributed by atoms with van der Waals surface area (Å²) in [4.78, 5) is 3.74. The molecule has 0 atom stereocenters. The highest BCUT2D eigenvalue weighted by Gasteiger charge is 2.30. The summed E-state index contributed by atoms with van der Waals surface area (Å²) < 4.78 is 36.5. The standard InChI is InChI=1S/C9H9BrF3NS/c10-4-1-5-15-8-3-2-7(6-14-8)9(11,12)13/h2-3,6H,1,4-5H2. The zero-order chi connectivity index (χ0) is 11.3. The van der Waals surface area contributed by atoms with Crippen molar-refractivity contribution in [1.29, 1.82) is 0 Å². The molecular weight excluding hydrogens is 291 g/mol. The molecule has 0 spiro atoms. The normalized spacial score (nSPS) is 11.7. The van der Waals surface area contributed by atoms with Gasteiger partial charge in [-0.2, -0.15) is 13.2 Å². The third kappa shape index (κ3) is 4.42. The Balaban J connectivity index is 2.57. The first-order valence-corrected chi connectivity index (χ1v) is 6.37. The van der Waals surface area contributed by atoms with E-state index in [2.05, 4.69) is 20.9 Å². The molecule has 0 bridgehead atoms. The topological polar surface area (TPSA) is 12.9 Å². The fourth-order valence-electron chi connectivity index (χ4n) is 0.865. The van der Waals surface area contributed by atoms with Crippen molar-refractivity contribution in [2.24, 2.45) is 0 Å². The Labute approximate surface area is 98.6 Å². The second-order valence-corrected chi connectivity index (χ2v) is 4.68. The van der Waals surface area contributed by atoms with Crippen molar-refractivity contribution in [2.75, 3.05) is 11.1 Å². The lowest BCUT2D eigenvalue weighted by Crippen LogP contribution is -2.05. The van der Waals surface area contributed by atoms with E-state index in [1.807, 2.05) is 0 Å². The van der Waals surface area contributed by atoms with Gasteiger partial charge in [-0.15, -0.1) is 11.8 Å². The quantitative estimate of drug-likeness (QED) is 0.474. The van der Waals surface area contributed by atoms with Gasteiger partial charge in [-0.3, -0.25) is 0 Å². The van der Waals surface area contributed by atoms with Crippen molar-refractivity contribution in [3.05, 3.63) is 23.9 Å². The number of alkyl halides is 4. The Morgan fingerprint density at radius 1 is 1.33 bits per heavy atom. The van der Waals surface area contributed by atoms with Crippen LogP contribution >= 0.6 is 27.7 Å². The SMILES string of the molecule is FC(F)(F)c1ccc(SCCCBr)nc1. The monoisotopic (exact) mass is 299 g/mol. The molecule has 1 aromatic rings. The summed E-state index contributed by atoms with van der Waals surface area (Å²) in [6.07, 6.45) is -2.46. The molecule has 6 heteroatoms. The number of nitrogens with zero attached hydrogens (tertiary/aromatic N) is 1. The molecule has 0 aliphatic heterocycles. The molecular formula is C9H9BrF3NS. The summed E-state index contributed by atoms with van der Waals surface area (Å²) in [6.45, 7) is 0. The van der Waals surface area contributed by atoms with Crippen LogP contribution in [0.5, 0.6) is 0 Å². The highest BCUT2D eigenvalue weighted by Crippen LogP contribution is 2.29. The number of pyridine rings is 1. The molecule has 0 fully saturated rings. The van der Waals surface area contributed by atoms with Gasteiger partial charge in [0.15, 0.2) is 0 Å². The van der Waals surface area contributed by atoms with E-state index in [0.717, 1.165) is 29.8 Å². The maximum absolute atomic E-state index is 12.2. The third-order valence-electron chi connectivity index (χ3n) is 1.59. The summed E-state index contributed by atoms with van der Waals surface area (Å²) in [5.41, 5.74) is -0.702. The number of hydrogen-bond donors (Lipinski definition) is 0. The highest BCUT2D eigenvalue weighted by atomic mass is 79.9. The van der Waals surface area contributed by atoms with E-state index in [9.17, 15) is 13.2 Å². The molecule has 0 radical (unpaired) electrons. The minimum Gasteiger partial charge on any atom is -0.249 e. The summed E-state index contributed by atoms with van der Waals surface area (Å²) in [5, 5.41) is 1.52. The smallest absolute Gasteiger partial charge is 0.249 e. The molecule has 15 heavy (non-hydrogen) atoms. The van der Waals surface area contributed by atoms with Gasteiger partial charge in [0.2, 0.25) is 0 Å². The Kier molecular flexibility index (Phi) is 4.92. The molecule has 1 rings (SSSR count). The van der Waals surface area contributed by atoms with E-state index < -0.39 is 11.7 Å². The van der Waals surface area contributed by atoms with Gasteiger partial charge >= 0.3 is 6.18 Å². The van der Waals surface area contributed by atoms with Gasteiger partial charge < -0.3 is 0 Å². The number of aromatic nitrogens is 1. The average Bonchev–Trinajstić information content (AvgIpc) is 2.18. The molecule has 84 valence electrons. The van der Waals surface area contributed by atoms with Crippen molar-refractivity contribution in [3.8, 4) is 0 Å². The summed E-state index contributed by atoms with van der Waals surface area (Å²) in [7, 11) is 0. The van der Waals surface area contributed by atoms with Gasteiger partial charge in [-0.05, 0) is 18.6 Å². The van der Waals surface area contributed by atoms with Crippen LogP contribution < -0.4 is 0 Å². The molecule has 1 heterocycles. The van der Waals surface area contributed by atoms with Crippen LogP contribution in [0.25, 0.3) is 0 Å². The van der Waals surface area contributed by atoms with Gasteiger partial charge in [-0.25, -0.2) is 4.98 Å². The summed E-state index contributed by atoms with van der Waals surface area (Å²) >= 11 is 4.73. The maximum Gasteiger partial charge on any atom is 0.417 e. The zero-order valence-corrected chi connectivity index (χ0v) is 10.1. The van der Waals surface area contributed by atoms with E-state index in [1.165, 1.54) is 17.8 Å². The van der Waals surface area contributed by atoms with Gasteiger partial charge in [-0.1, -0.05) is 15.9 Å². The van der Waals surface area contributed by atoms with Crippen LogP contribution in [0.15, 0.2) is 23.4 Å². The molecule has 0 aromatic carbocycles. The Morgan fingerprint density at radius 2 is 2.07 bits per heavy atom. The number of thioether (sulfide) groups is 1. The van der Waals surface area contributed by atoms with Gasteiger partial charge in [0.25, 0.3) is 0 Å². The van der Waals surface area contributed by atoms with Crippen LogP contribution in [0.4, 0.5) is 13.2 Å². The number of halogens is 4. The molecule has 0 saturated carbocycles. The second kappa shape index (κ2) is 5.75. The minimum atomic E-state index is -4.30. The summed E-state index contributed by atoms with van der Waals surface area (Å²) in [5.74, 6) is 0.851. The molecule has 1 aromatic heterocycles. The lowest BCUT2D eigenvalue weighted by Gasteiger charge is -2.06. The average molecular weight is 300 g/mol. The second-order valence-electron chi connectivity index (χ2n) is 2.77. The first-order valence-electron chi connectivity index (χ1n) is 4.26. The molecule has 0 aliphatic carbocycles. The fraction of sp³-hybridized carbons (Fsp3) is 0.444. The van der Waals surface area contributed by atoms with Crippen LogP contribution in [0, 0.1) is 0 Å². The molecule has 0 unspecified atom stereocenters. The van der Waals surface area contributed by atoms with Crippen LogP contribution in [0.2, 0.25) is 0 Å². The van der Waals surface area contributed by atoms with Gasteiger partial charge in [0.1, 0.15) is 0 Å². The van der Waals surface area contributed by atoms with Crippen molar-refractivity contribution < 1.29 is 13.2 Å². The molecule has 0 amide bonds. The van der Waals surface area contributed by atoms with E-state index in [-0.39, 0.29) is 0 Å². The van der Waals surface area contributed by atoms with E-state index in [0.29, 0.717) is 5.03 Å². The number of hydrogen-bond acceptors (Lipinski definition) is 2. The van der Waals surface area contributed by atoms with E-state index in [1.54, 1.807) is 0 Å². The Bertz CT molecular complexity index is 299. The molecule has 0 N–H and O–H groups in total. The van der Waals surface area contributed by atoms with Crippen LogP contribution in [-0.2, 0) is 6.18 Å². The largest absolute Gasteiger partial charge is 0.417 e. The molecule has 1 nitrogen and oxygen atoms in total. The van der Waals surface area contributed by atoms with Crippen molar-refractivity contribution >= 4 is 27.7 Å². The van der Waals surface area contributed by atoms with E-state index in [4.69, 9.17) is 0 Å². The van der Waals surface area contributed by atoms with Gasteiger partial charge in [0.05, 0.1) is 10.6 Å². The predicted molar refractivity (Wildman–Crippen MR) is 58.4 cm³/mol. The maximum atomic E-state index is 12.2. The molecule has 0 aliphatic rings. The van der Waals surface area contributed by atoms with Crippen molar-refractivity contribution in [2.45, 2.75) is 17.6 Å². The number of rotatable bonds is 4. The van der Waals surface area contributed by atoms with E-state index >= 15 is 0 Å². The fourth-order valence-corrected chi connectivity index (χ4v) is 2.31. The Hall–Kier alpha value is -0.230. The lowest BCUT2D eigenvalue weighted by molar-refractivity contribution is -0.137. The molecule has 0 saturated heterocycles. The first kappa shape index (κ1) is 12.8. The Morgan fingerprint density at radius 3 is 2.53 bits per heavy atom. The van der Waals surface area contributed by atoms with Crippen molar-refractivity contribution in [3.63, 3.8) is 0 Å². The van der Waals surface area contributed by atoms with Crippen LogP contribution in [0.3, 0.4) is 0 Å². The van der Waals surface area contributed by atoms with Crippen LogP contribution in [0.1, 0.15) is 12.0 Å². The minimum absolute atomic E-state index is 0.629. The zero-order valence-electron chi connectivity index (χ0n) is 7.72.